The first-order valence-electron chi connectivity index (χ1n) is 5.58. The van der Waals surface area contributed by atoms with Gasteiger partial charge in [-0.25, -0.2) is 14.4 Å². The SMILES string of the molecule is C=C(C)C(=O)OCN(COC(=O)C(=C)C)C(=O)NCO. The summed E-state index contributed by atoms with van der Waals surface area (Å²) in [6.07, 6.45) is 0. The molecule has 0 bridgehead atoms. The molecule has 0 saturated carbocycles. The van der Waals surface area contributed by atoms with Gasteiger partial charge in [0.05, 0.1) is 0 Å². The number of carbonyl (C=O) groups is 3. The molecular formula is C12H18N2O6. The van der Waals surface area contributed by atoms with E-state index in [4.69, 9.17) is 14.6 Å². The van der Waals surface area contributed by atoms with E-state index in [1.807, 2.05) is 0 Å². The molecule has 0 atom stereocenters. The van der Waals surface area contributed by atoms with Gasteiger partial charge in [0, 0.05) is 11.1 Å². The monoisotopic (exact) mass is 286 g/mol. The van der Waals surface area contributed by atoms with E-state index in [1.54, 1.807) is 0 Å². The first kappa shape index (κ1) is 17.6. The second-order valence-electron chi connectivity index (χ2n) is 3.86. The maximum Gasteiger partial charge on any atom is 0.334 e. The molecule has 0 rings (SSSR count). The molecule has 0 aliphatic heterocycles. The van der Waals surface area contributed by atoms with Gasteiger partial charge in [-0.15, -0.1) is 0 Å². The second-order valence-corrected chi connectivity index (χ2v) is 3.86. The van der Waals surface area contributed by atoms with Crippen molar-refractivity contribution in [3.63, 3.8) is 0 Å². The lowest BCUT2D eigenvalue weighted by atomic mass is 10.4. The highest BCUT2D eigenvalue weighted by molar-refractivity contribution is 5.87. The number of amides is 2. The van der Waals surface area contributed by atoms with Gasteiger partial charge in [0.2, 0.25) is 0 Å². The van der Waals surface area contributed by atoms with Gasteiger partial charge in [-0.05, 0) is 13.8 Å². The Kier molecular flexibility index (Phi) is 7.68. The van der Waals surface area contributed by atoms with Crippen LogP contribution in [0.25, 0.3) is 0 Å². The summed E-state index contributed by atoms with van der Waals surface area (Å²) >= 11 is 0. The fourth-order valence-corrected chi connectivity index (χ4v) is 0.853. The molecule has 0 aromatic heterocycles. The number of carbonyl (C=O) groups excluding carboxylic acids is 3. The molecule has 0 fully saturated rings. The van der Waals surface area contributed by atoms with Crippen LogP contribution in [0.4, 0.5) is 4.79 Å². The number of rotatable bonds is 7. The summed E-state index contributed by atoms with van der Waals surface area (Å²) in [6, 6.07) is -0.767. The van der Waals surface area contributed by atoms with Crippen LogP contribution in [0, 0.1) is 0 Å². The largest absolute Gasteiger partial charge is 0.441 e. The highest BCUT2D eigenvalue weighted by Crippen LogP contribution is 1.99. The van der Waals surface area contributed by atoms with Gasteiger partial charge in [0.15, 0.2) is 13.5 Å². The minimum atomic E-state index is -0.767. The van der Waals surface area contributed by atoms with E-state index in [-0.39, 0.29) is 11.1 Å². The Hall–Kier alpha value is -2.35. The van der Waals surface area contributed by atoms with E-state index >= 15 is 0 Å². The minimum absolute atomic E-state index is 0.159. The summed E-state index contributed by atoms with van der Waals surface area (Å²) < 4.78 is 9.51. The molecule has 2 N–H and O–H groups in total. The number of hydrogen-bond donors (Lipinski definition) is 2. The Morgan fingerprint density at radius 1 is 1.05 bits per heavy atom. The van der Waals surface area contributed by atoms with Gasteiger partial charge in [0.1, 0.15) is 6.73 Å². The first-order valence-corrected chi connectivity index (χ1v) is 5.58. The van der Waals surface area contributed by atoms with Gasteiger partial charge < -0.3 is 19.9 Å². The van der Waals surface area contributed by atoms with Crippen LogP contribution in [0.3, 0.4) is 0 Å². The summed E-state index contributed by atoms with van der Waals surface area (Å²) in [7, 11) is 0. The first-order chi connectivity index (χ1) is 9.29. The number of nitrogens with zero attached hydrogens (tertiary/aromatic N) is 1. The van der Waals surface area contributed by atoms with Crippen LogP contribution >= 0.6 is 0 Å². The predicted molar refractivity (Wildman–Crippen MR) is 69.0 cm³/mol. The van der Waals surface area contributed by atoms with Crippen LogP contribution < -0.4 is 5.32 Å². The summed E-state index contributed by atoms with van der Waals surface area (Å²) in [5.74, 6) is -1.39. The number of ether oxygens (including phenoxy) is 2. The summed E-state index contributed by atoms with van der Waals surface area (Å²) in [4.78, 5) is 34.9. The number of hydrogen-bond acceptors (Lipinski definition) is 6. The van der Waals surface area contributed by atoms with Crippen LogP contribution in [0.15, 0.2) is 24.3 Å². The topological polar surface area (TPSA) is 105 Å². The number of nitrogens with one attached hydrogen (secondary N) is 1. The van der Waals surface area contributed by atoms with Gasteiger partial charge in [-0.3, -0.25) is 4.90 Å². The molecule has 0 unspecified atom stereocenters. The van der Waals surface area contributed by atoms with Crippen molar-refractivity contribution in [2.24, 2.45) is 0 Å². The molecule has 0 saturated heterocycles. The van der Waals surface area contributed by atoms with E-state index in [0.29, 0.717) is 0 Å². The van der Waals surface area contributed by atoms with Crippen molar-refractivity contribution in [3.8, 4) is 0 Å². The van der Waals surface area contributed by atoms with E-state index < -0.39 is 38.2 Å². The molecule has 112 valence electrons. The van der Waals surface area contributed by atoms with E-state index in [1.165, 1.54) is 13.8 Å². The molecular weight excluding hydrogens is 268 g/mol. The Bertz CT molecular complexity index is 388. The van der Waals surface area contributed by atoms with E-state index in [0.717, 1.165) is 4.90 Å². The lowest BCUT2D eigenvalue weighted by Crippen LogP contribution is -2.43. The minimum Gasteiger partial charge on any atom is -0.441 e. The lowest BCUT2D eigenvalue weighted by Gasteiger charge is -2.21. The zero-order valence-electron chi connectivity index (χ0n) is 11.5. The van der Waals surface area contributed by atoms with Gasteiger partial charge in [0.25, 0.3) is 0 Å². The number of urea groups is 1. The maximum absolute atomic E-state index is 11.5. The molecule has 20 heavy (non-hydrogen) atoms. The highest BCUT2D eigenvalue weighted by atomic mass is 16.6. The van der Waals surface area contributed by atoms with Crippen LogP contribution in [-0.4, -0.2) is 48.2 Å². The molecule has 8 nitrogen and oxygen atoms in total. The third-order valence-corrected chi connectivity index (χ3v) is 1.92. The van der Waals surface area contributed by atoms with Gasteiger partial charge in [-0.1, -0.05) is 13.2 Å². The molecule has 0 aromatic rings. The molecule has 2 amide bonds. The Labute approximate surface area is 116 Å². The molecule has 8 heteroatoms. The standard InChI is InChI=1S/C12H18N2O6/c1-8(2)10(16)19-6-14(12(18)13-5-15)7-20-11(17)9(3)4/h15H,1,3,5-7H2,2,4H3,(H,13,18). The zero-order valence-corrected chi connectivity index (χ0v) is 11.5. The Morgan fingerprint density at radius 2 is 1.45 bits per heavy atom. The van der Waals surface area contributed by atoms with Crippen LogP contribution in [0.5, 0.6) is 0 Å². The van der Waals surface area contributed by atoms with Crippen molar-refractivity contribution in [1.29, 1.82) is 0 Å². The van der Waals surface area contributed by atoms with Crippen molar-refractivity contribution >= 4 is 18.0 Å². The third-order valence-electron chi connectivity index (χ3n) is 1.92. The van der Waals surface area contributed by atoms with Crippen molar-refractivity contribution in [3.05, 3.63) is 24.3 Å². The third kappa shape index (κ3) is 6.55. The van der Waals surface area contributed by atoms with Crippen LogP contribution in [0.2, 0.25) is 0 Å². The fourth-order valence-electron chi connectivity index (χ4n) is 0.853. The maximum atomic E-state index is 11.5. The molecule has 0 aromatic carbocycles. The number of esters is 2. The van der Waals surface area contributed by atoms with Gasteiger partial charge >= 0.3 is 18.0 Å². The summed E-state index contributed by atoms with van der Waals surface area (Å²) in [6.45, 7) is 8.13. The Balaban J connectivity index is 4.53. The summed E-state index contributed by atoms with van der Waals surface area (Å²) in [5, 5.41) is 10.7. The quantitative estimate of drug-likeness (QED) is 0.391. The Morgan fingerprint density at radius 3 is 1.75 bits per heavy atom. The van der Waals surface area contributed by atoms with E-state index in [2.05, 4.69) is 18.5 Å². The molecule has 0 aliphatic carbocycles. The average molecular weight is 286 g/mol. The number of aliphatic hydroxyl groups excluding tert-OH is 1. The van der Waals surface area contributed by atoms with Crippen molar-refractivity contribution in [2.75, 3.05) is 20.2 Å². The molecule has 0 heterocycles. The van der Waals surface area contributed by atoms with Crippen molar-refractivity contribution in [1.82, 2.24) is 10.2 Å². The van der Waals surface area contributed by atoms with Gasteiger partial charge in [-0.2, -0.15) is 0 Å². The van der Waals surface area contributed by atoms with Crippen molar-refractivity contribution in [2.45, 2.75) is 13.8 Å². The molecule has 0 radical (unpaired) electrons. The predicted octanol–water partition coefficient (Wildman–Crippen LogP) is 0.101. The van der Waals surface area contributed by atoms with Crippen LogP contribution in [0.1, 0.15) is 13.8 Å². The normalized spacial score (nSPS) is 9.35. The highest BCUT2D eigenvalue weighted by Gasteiger charge is 2.17. The second kappa shape index (κ2) is 8.70. The lowest BCUT2D eigenvalue weighted by molar-refractivity contribution is -0.149. The molecule has 0 spiro atoms. The van der Waals surface area contributed by atoms with Crippen molar-refractivity contribution < 1.29 is 29.0 Å². The fraction of sp³-hybridized carbons (Fsp3) is 0.417. The number of aliphatic hydroxyl groups is 1. The zero-order chi connectivity index (χ0) is 15.7. The molecule has 0 aliphatic rings. The summed E-state index contributed by atoms with van der Waals surface area (Å²) in [5.41, 5.74) is 0.317. The van der Waals surface area contributed by atoms with Crippen LogP contribution in [-0.2, 0) is 19.1 Å². The smallest absolute Gasteiger partial charge is 0.334 e. The average Bonchev–Trinajstić information content (AvgIpc) is 2.37. The van der Waals surface area contributed by atoms with E-state index in [9.17, 15) is 14.4 Å².